The van der Waals surface area contributed by atoms with E-state index >= 15 is 0 Å². The van der Waals surface area contributed by atoms with Crippen LogP contribution in [0.1, 0.15) is 17.5 Å². The summed E-state index contributed by atoms with van der Waals surface area (Å²) in [6, 6.07) is 8.28. The number of halogens is 1. The molecule has 0 aliphatic rings. The van der Waals surface area contributed by atoms with Crippen LogP contribution in [0.5, 0.6) is 0 Å². The second kappa shape index (κ2) is 5.13. The van der Waals surface area contributed by atoms with E-state index < -0.39 is 0 Å². The van der Waals surface area contributed by atoms with Crippen LogP contribution in [0.4, 0.5) is 0 Å². The third-order valence-corrected chi connectivity index (χ3v) is 2.86. The van der Waals surface area contributed by atoms with Gasteiger partial charge in [-0.05, 0) is 30.5 Å². The molecule has 0 aliphatic heterocycles. The molecule has 0 saturated carbocycles. The van der Waals surface area contributed by atoms with Crippen molar-refractivity contribution >= 4 is 28.6 Å². The van der Waals surface area contributed by atoms with Crippen molar-refractivity contribution in [2.24, 2.45) is 0 Å². The maximum Gasteiger partial charge on any atom is 0.0737 e. The van der Waals surface area contributed by atoms with E-state index in [1.54, 1.807) is 0 Å². The number of alkyl halides is 1. The summed E-state index contributed by atoms with van der Waals surface area (Å²) < 4.78 is 0. The minimum atomic E-state index is 0.668. The van der Waals surface area contributed by atoms with Gasteiger partial charge in [-0.15, -0.1) is 11.6 Å². The molecule has 2 heteroatoms. The van der Waals surface area contributed by atoms with Crippen molar-refractivity contribution in [3.8, 4) is 0 Å². The standard InChI is InChI=1S/C14H14ClN/c1-11-12(5-2-3-9-15)7-8-13-6-4-10-16-14(11)13/h2,4-8,10H,3,9H2,1H3. The van der Waals surface area contributed by atoms with Crippen LogP contribution in [0.2, 0.25) is 0 Å². The van der Waals surface area contributed by atoms with Gasteiger partial charge in [0.05, 0.1) is 5.52 Å². The molecule has 0 aliphatic carbocycles. The molecule has 1 heterocycles. The summed E-state index contributed by atoms with van der Waals surface area (Å²) in [7, 11) is 0. The van der Waals surface area contributed by atoms with Gasteiger partial charge in [0.1, 0.15) is 0 Å². The second-order valence-electron chi connectivity index (χ2n) is 3.73. The highest BCUT2D eigenvalue weighted by molar-refractivity contribution is 6.17. The highest BCUT2D eigenvalue weighted by Crippen LogP contribution is 2.20. The first kappa shape index (κ1) is 11.2. The lowest BCUT2D eigenvalue weighted by Crippen LogP contribution is -1.86. The van der Waals surface area contributed by atoms with Crippen molar-refractivity contribution in [2.75, 3.05) is 5.88 Å². The number of aryl methyl sites for hydroxylation is 1. The van der Waals surface area contributed by atoms with Crippen LogP contribution >= 0.6 is 11.6 Å². The van der Waals surface area contributed by atoms with Crippen molar-refractivity contribution in [2.45, 2.75) is 13.3 Å². The van der Waals surface area contributed by atoms with E-state index in [2.05, 4.69) is 42.3 Å². The summed E-state index contributed by atoms with van der Waals surface area (Å²) in [5, 5.41) is 1.19. The van der Waals surface area contributed by atoms with E-state index in [0.29, 0.717) is 5.88 Å². The minimum Gasteiger partial charge on any atom is -0.256 e. The lowest BCUT2D eigenvalue weighted by Gasteiger charge is -2.04. The van der Waals surface area contributed by atoms with E-state index in [1.165, 1.54) is 16.5 Å². The molecule has 82 valence electrons. The molecule has 2 aromatic rings. The van der Waals surface area contributed by atoms with Gasteiger partial charge >= 0.3 is 0 Å². The molecule has 1 nitrogen and oxygen atoms in total. The number of pyridine rings is 1. The van der Waals surface area contributed by atoms with E-state index in [4.69, 9.17) is 11.6 Å². The molecule has 1 aromatic carbocycles. The molecule has 1 aromatic heterocycles. The number of rotatable bonds is 3. The lowest BCUT2D eigenvalue weighted by atomic mass is 10.0. The Balaban J connectivity index is 2.44. The average molecular weight is 232 g/mol. The highest BCUT2D eigenvalue weighted by Gasteiger charge is 2.01. The van der Waals surface area contributed by atoms with Gasteiger partial charge in [-0.2, -0.15) is 0 Å². The molecule has 0 bridgehead atoms. The fourth-order valence-corrected chi connectivity index (χ4v) is 1.89. The zero-order valence-corrected chi connectivity index (χ0v) is 10.0. The predicted molar refractivity (Wildman–Crippen MR) is 70.9 cm³/mol. The molecular weight excluding hydrogens is 218 g/mol. The van der Waals surface area contributed by atoms with Crippen LogP contribution in [0.3, 0.4) is 0 Å². The first-order valence-corrected chi connectivity index (χ1v) is 5.93. The van der Waals surface area contributed by atoms with E-state index in [0.717, 1.165) is 11.9 Å². The van der Waals surface area contributed by atoms with Gasteiger partial charge in [-0.1, -0.05) is 30.4 Å². The van der Waals surface area contributed by atoms with Crippen LogP contribution in [0.15, 0.2) is 36.5 Å². The molecule has 0 saturated heterocycles. The Morgan fingerprint density at radius 1 is 1.31 bits per heavy atom. The van der Waals surface area contributed by atoms with Crippen molar-refractivity contribution in [3.63, 3.8) is 0 Å². The van der Waals surface area contributed by atoms with Crippen molar-refractivity contribution in [1.82, 2.24) is 4.98 Å². The number of benzene rings is 1. The monoisotopic (exact) mass is 231 g/mol. The molecule has 0 fully saturated rings. The second-order valence-corrected chi connectivity index (χ2v) is 4.11. The molecule has 0 radical (unpaired) electrons. The first-order chi connectivity index (χ1) is 7.83. The van der Waals surface area contributed by atoms with Gasteiger partial charge < -0.3 is 0 Å². The van der Waals surface area contributed by atoms with Gasteiger partial charge in [0.15, 0.2) is 0 Å². The Morgan fingerprint density at radius 3 is 3.00 bits per heavy atom. The van der Waals surface area contributed by atoms with Crippen molar-refractivity contribution in [3.05, 3.63) is 47.7 Å². The number of hydrogen-bond donors (Lipinski definition) is 0. The quantitative estimate of drug-likeness (QED) is 0.722. The fraction of sp³-hybridized carbons (Fsp3) is 0.214. The number of aromatic nitrogens is 1. The summed E-state index contributed by atoms with van der Waals surface area (Å²) in [5.74, 6) is 0.668. The summed E-state index contributed by atoms with van der Waals surface area (Å²) in [4.78, 5) is 4.41. The average Bonchev–Trinajstić information content (AvgIpc) is 2.33. The number of nitrogens with zero attached hydrogens (tertiary/aromatic N) is 1. The molecule has 0 unspecified atom stereocenters. The Bertz CT molecular complexity index is 517. The van der Waals surface area contributed by atoms with Crippen LogP contribution < -0.4 is 0 Å². The summed E-state index contributed by atoms with van der Waals surface area (Å²) in [5.41, 5.74) is 3.52. The number of allylic oxidation sites excluding steroid dienone is 1. The fourth-order valence-electron chi connectivity index (χ4n) is 1.76. The van der Waals surface area contributed by atoms with Gasteiger partial charge in [0, 0.05) is 17.5 Å². The Morgan fingerprint density at radius 2 is 2.19 bits per heavy atom. The maximum atomic E-state index is 5.64. The normalized spacial score (nSPS) is 11.4. The maximum absolute atomic E-state index is 5.64. The SMILES string of the molecule is Cc1c(C=CCCCl)ccc2cccnc12. The Hall–Kier alpha value is -1.34. The van der Waals surface area contributed by atoms with E-state index in [9.17, 15) is 0 Å². The van der Waals surface area contributed by atoms with Crippen LogP contribution in [0.25, 0.3) is 17.0 Å². The zero-order chi connectivity index (χ0) is 11.4. The molecule has 16 heavy (non-hydrogen) atoms. The van der Waals surface area contributed by atoms with Crippen molar-refractivity contribution < 1.29 is 0 Å². The first-order valence-electron chi connectivity index (χ1n) is 5.40. The Kier molecular flexibility index (Phi) is 3.58. The largest absolute Gasteiger partial charge is 0.256 e. The van der Waals surface area contributed by atoms with E-state index in [1.807, 2.05) is 12.3 Å². The van der Waals surface area contributed by atoms with Gasteiger partial charge in [0.25, 0.3) is 0 Å². The molecule has 0 amide bonds. The summed E-state index contributed by atoms with van der Waals surface area (Å²) >= 11 is 5.64. The van der Waals surface area contributed by atoms with Crippen LogP contribution in [0, 0.1) is 6.92 Å². The third-order valence-electron chi connectivity index (χ3n) is 2.64. The Labute approximate surface area is 101 Å². The van der Waals surface area contributed by atoms with Crippen molar-refractivity contribution in [1.29, 1.82) is 0 Å². The van der Waals surface area contributed by atoms with Gasteiger partial charge in [-0.3, -0.25) is 4.98 Å². The number of hydrogen-bond acceptors (Lipinski definition) is 1. The summed E-state index contributed by atoms with van der Waals surface area (Å²) in [6.07, 6.45) is 6.96. The molecule has 0 spiro atoms. The smallest absolute Gasteiger partial charge is 0.0737 e. The van der Waals surface area contributed by atoms with Crippen LogP contribution in [-0.4, -0.2) is 10.9 Å². The minimum absolute atomic E-state index is 0.668. The number of fused-ring (bicyclic) bond motifs is 1. The molecule has 0 N–H and O–H groups in total. The topological polar surface area (TPSA) is 12.9 Å². The van der Waals surface area contributed by atoms with Crippen LogP contribution in [-0.2, 0) is 0 Å². The van der Waals surface area contributed by atoms with Gasteiger partial charge in [0.2, 0.25) is 0 Å². The van der Waals surface area contributed by atoms with E-state index in [-0.39, 0.29) is 0 Å². The predicted octanol–water partition coefficient (Wildman–Crippen LogP) is 4.19. The highest BCUT2D eigenvalue weighted by atomic mass is 35.5. The van der Waals surface area contributed by atoms with Gasteiger partial charge in [-0.25, -0.2) is 0 Å². The third kappa shape index (κ3) is 2.25. The molecule has 0 atom stereocenters. The summed E-state index contributed by atoms with van der Waals surface area (Å²) in [6.45, 7) is 2.11. The zero-order valence-electron chi connectivity index (χ0n) is 9.28. The lowest BCUT2D eigenvalue weighted by molar-refractivity contribution is 1.24. The molecule has 2 rings (SSSR count). The molecular formula is C14H14ClN.